The van der Waals surface area contributed by atoms with E-state index in [1.807, 2.05) is 78.9 Å². The van der Waals surface area contributed by atoms with Gasteiger partial charge in [-0.3, -0.25) is 4.79 Å². The molecule has 0 atom stereocenters. The molecule has 1 amide bonds. The van der Waals surface area contributed by atoms with Crippen molar-refractivity contribution in [3.63, 3.8) is 0 Å². The minimum atomic E-state index is -0.175. The van der Waals surface area contributed by atoms with Gasteiger partial charge in [0.05, 0.1) is 11.4 Å². The van der Waals surface area contributed by atoms with Crippen molar-refractivity contribution in [3.05, 3.63) is 101 Å². The van der Waals surface area contributed by atoms with Gasteiger partial charge in [-0.05, 0) is 30.3 Å². The van der Waals surface area contributed by atoms with Crippen molar-refractivity contribution in [3.8, 4) is 16.9 Å². The third-order valence-corrected chi connectivity index (χ3v) is 4.60. The van der Waals surface area contributed by atoms with Crippen LogP contribution in [-0.4, -0.2) is 15.7 Å². The fraction of sp³-hybridized carbons (Fsp3) is 0. The molecule has 3 aromatic carbocycles. The lowest BCUT2D eigenvalue weighted by atomic mass is 10.1. The summed E-state index contributed by atoms with van der Waals surface area (Å²) >= 11 is 3.49. The minimum absolute atomic E-state index is 0.175. The first-order valence-corrected chi connectivity index (χ1v) is 9.28. The Morgan fingerprint density at radius 3 is 2.26 bits per heavy atom. The number of carbonyl (C=O) groups excluding carboxylic acids is 1. The number of aromatic nitrogens is 2. The van der Waals surface area contributed by atoms with Crippen LogP contribution in [0.1, 0.15) is 10.4 Å². The lowest BCUT2D eigenvalue weighted by Crippen LogP contribution is -2.15. The van der Waals surface area contributed by atoms with Crippen LogP contribution in [0.5, 0.6) is 0 Å². The topological polar surface area (TPSA) is 46.9 Å². The highest BCUT2D eigenvalue weighted by Crippen LogP contribution is 2.26. The molecule has 4 aromatic rings. The highest BCUT2D eigenvalue weighted by molar-refractivity contribution is 9.10. The van der Waals surface area contributed by atoms with Gasteiger partial charge in [0.15, 0.2) is 0 Å². The summed E-state index contributed by atoms with van der Waals surface area (Å²) in [6.07, 6.45) is 0. The summed E-state index contributed by atoms with van der Waals surface area (Å²) in [4.78, 5) is 12.6. The number of nitrogens with zero attached hydrogens (tertiary/aromatic N) is 2. The average molecular weight is 418 g/mol. The second kappa shape index (κ2) is 7.60. The number of rotatable bonds is 4. The van der Waals surface area contributed by atoms with E-state index < -0.39 is 0 Å². The molecule has 5 heteroatoms. The Bertz CT molecular complexity index is 1080. The van der Waals surface area contributed by atoms with E-state index in [0.29, 0.717) is 11.4 Å². The normalized spacial score (nSPS) is 10.6. The van der Waals surface area contributed by atoms with Gasteiger partial charge in [0, 0.05) is 21.7 Å². The zero-order valence-electron chi connectivity index (χ0n) is 14.3. The van der Waals surface area contributed by atoms with Gasteiger partial charge in [0.2, 0.25) is 0 Å². The summed E-state index contributed by atoms with van der Waals surface area (Å²) in [5.41, 5.74) is 3.23. The molecule has 27 heavy (non-hydrogen) atoms. The molecule has 0 fully saturated rings. The van der Waals surface area contributed by atoms with Crippen LogP contribution in [0.25, 0.3) is 16.9 Å². The smallest absolute Gasteiger partial charge is 0.256 e. The zero-order chi connectivity index (χ0) is 18.6. The molecule has 132 valence electrons. The first kappa shape index (κ1) is 17.2. The van der Waals surface area contributed by atoms with Crippen molar-refractivity contribution in [2.75, 3.05) is 5.32 Å². The van der Waals surface area contributed by atoms with Gasteiger partial charge in [-0.2, -0.15) is 5.10 Å². The molecular formula is C22H16BrN3O. The molecule has 0 bridgehead atoms. The van der Waals surface area contributed by atoms with Crippen LogP contribution in [-0.2, 0) is 0 Å². The van der Waals surface area contributed by atoms with Crippen molar-refractivity contribution in [2.24, 2.45) is 0 Å². The Labute approximate surface area is 165 Å². The highest BCUT2D eigenvalue weighted by Gasteiger charge is 2.15. The lowest BCUT2D eigenvalue weighted by Gasteiger charge is -2.09. The Balaban J connectivity index is 1.77. The molecule has 0 saturated carbocycles. The fourth-order valence-electron chi connectivity index (χ4n) is 2.80. The van der Waals surface area contributed by atoms with Crippen molar-refractivity contribution < 1.29 is 4.79 Å². The largest absolute Gasteiger partial charge is 0.306 e. The van der Waals surface area contributed by atoms with E-state index in [-0.39, 0.29) is 5.91 Å². The summed E-state index contributed by atoms with van der Waals surface area (Å²) in [6, 6.07) is 28.7. The quantitative estimate of drug-likeness (QED) is 0.472. The Morgan fingerprint density at radius 1 is 0.852 bits per heavy atom. The van der Waals surface area contributed by atoms with Crippen LogP contribution in [0, 0.1) is 0 Å². The van der Waals surface area contributed by atoms with E-state index in [0.717, 1.165) is 21.4 Å². The number of hydrogen-bond acceptors (Lipinski definition) is 2. The van der Waals surface area contributed by atoms with Crippen molar-refractivity contribution in [1.82, 2.24) is 9.78 Å². The number of hydrogen-bond donors (Lipinski definition) is 1. The number of benzene rings is 3. The zero-order valence-corrected chi connectivity index (χ0v) is 15.9. The third-order valence-electron chi connectivity index (χ3n) is 4.11. The molecular weight excluding hydrogens is 402 g/mol. The Hall–Kier alpha value is -3.18. The number of carbonyl (C=O) groups is 1. The lowest BCUT2D eigenvalue weighted by molar-refractivity contribution is 0.102. The van der Waals surface area contributed by atoms with E-state index >= 15 is 0 Å². The standard InChI is InChI=1S/C22H16BrN3O/c23-18-12-7-13-19(14-18)26-21(24-22(27)17-10-5-2-6-11-17)15-20(25-26)16-8-3-1-4-9-16/h1-15H,(H,24,27). The third kappa shape index (κ3) is 3.83. The summed E-state index contributed by atoms with van der Waals surface area (Å²) in [5, 5.41) is 7.70. The Kier molecular flexibility index (Phi) is 4.85. The van der Waals surface area contributed by atoms with Crippen molar-refractivity contribution in [2.45, 2.75) is 0 Å². The number of anilines is 1. The predicted octanol–water partition coefficient (Wildman–Crippen LogP) is 5.55. The van der Waals surface area contributed by atoms with Gasteiger partial charge in [-0.15, -0.1) is 0 Å². The number of halogens is 1. The number of nitrogens with one attached hydrogen (secondary N) is 1. The van der Waals surface area contributed by atoms with Crippen LogP contribution in [0.3, 0.4) is 0 Å². The van der Waals surface area contributed by atoms with Gasteiger partial charge < -0.3 is 5.32 Å². The van der Waals surface area contributed by atoms with E-state index in [2.05, 4.69) is 21.2 Å². The predicted molar refractivity (Wildman–Crippen MR) is 111 cm³/mol. The van der Waals surface area contributed by atoms with E-state index in [4.69, 9.17) is 5.10 Å². The molecule has 1 N–H and O–H groups in total. The molecule has 0 aliphatic carbocycles. The molecule has 0 spiro atoms. The molecule has 0 unspecified atom stereocenters. The maximum atomic E-state index is 12.6. The maximum absolute atomic E-state index is 12.6. The SMILES string of the molecule is O=C(Nc1cc(-c2ccccc2)nn1-c1cccc(Br)c1)c1ccccc1. The maximum Gasteiger partial charge on any atom is 0.256 e. The molecule has 4 rings (SSSR count). The second-order valence-corrected chi connectivity index (χ2v) is 6.91. The highest BCUT2D eigenvalue weighted by atomic mass is 79.9. The van der Waals surface area contributed by atoms with Crippen LogP contribution in [0.4, 0.5) is 5.82 Å². The Morgan fingerprint density at radius 2 is 1.56 bits per heavy atom. The first-order valence-electron chi connectivity index (χ1n) is 8.48. The van der Waals surface area contributed by atoms with Gasteiger partial charge in [0.25, 0.3) is 5.91 Å². The van der Waals surface area contributed by atoms with Crippen LogP contribution < -0.4 is 5.32 Å². The van der Waals surface area contributed by atoms with Crippen LogP contribution in [0.15, 0.2) is 95.5 Å². The van der Waals surface area contributed by atoms with Crippen molar-refractivity contribution >= 4 is 27.7 Å². The van der Waals surface area contributed by atoms with Gasteiger partial charge in [-0.1, -0.05) is 70.5 Å². The van der Waals surface area contributed by atoms with Crippen molar-refractivity contribution in [1.29, 1.82) is 0 Å². The molecule has 0 saturated heterocycles. The summed E-state index contributed by atoms with van der Waals surface area (Å²) in [7, 11) is 0. The van der Waals surface area contributed by atoms with Gasteiger partial charge in [-0.25, -0.2) is 4.68 Å². The number of amides is 1. The second-order valence-electron chi connectivity index (χ2n) is 5.99. The first-order chi connectivity index (χ1) is 13.2. The molecule has 1 aromatic heterocycles. The summed E-state index contributed by atoms with van der Waals surface area (Å²) in [6.45, 7) is 0. The molecule has 0 aliphatic heterocycles. The monoisotopic (exact) mass is 417 g/mol. The van der Waals surface area contributed by atoms with Gasteiger partial charge in [0.1, 0.15) is 5.82 Å². The van der Waals surface area contributed by atoms with E-state index in [1.165, 1.54) is 0 Å². The molecule has 0 aliphatic rings. The minimum Gasteiger partial charge on any atom is -0.306 e. The van der Waals surface area contributed by atoms with Gasteiger partial charge >= 0.3 is 0 Å². The summed E-state index contributed by atoms with van der Waals surface area (Å²) < 4.78 is 2.69. The van der Waals surface area contributed by atoms with Crippen LogP contribution >= 0.6 is 15.9 Å². The average Bonchev–Trinajstić information content (AvgIpc) is 3.13. The van der Waals surface area contributed by atoms with Crippen LogP contribution in [0.2, 0.25) is 0 Å². The fourth-order valence-corrected chi connectivity index (χ4v) is 3.19. The molecule has 1 heterocycles. The van der Waals surface area contributed by atoms with E-state index in [9.17, 15) is 4.79 Å². The summed E-state index contributed by atoms with van der Waals surface area (Å²) in [5.74, 6) is 0.437. The van der Waals surface area contributed by atoms with E-state index in [1.54, 1.807) is 16.8 Å². The molecule has 0 radical (unpaired) electrons. The molecule has 4 nitrogen and oxygen atoms in total.